The van der Waals surface area contributed by atoms with Crippen molar-refractivity contribution in [1.82, 2.24) is 10.2 Å². The number of imide groups is 1. The zero-order chi connectivity index (χ0) is 14.4. The van der Waals surface area contributed by atoms with E-state index in [0.717, 1.165) is 10.5 Å². The number of rotatable bonds is 4. The van der Waals surface area contributed by atoms with Gasteiger partial charge >= 0.3 is 6.03 Å². The Morgan fingerprint density at radius 1 is 1.40 bits per heavy atom. The summed E-state index contributed by atoms with van der Waals surface area (Å²) in [5.74, 6) is 5.67. The molecule has 1 saturated heterocycles. The second kappa shape index (κ2) is 6.59. The highest BCUT2D eigenvalue weighted by Crippen LogP contribution is 2.12. The number of nitrogens with zero attached hydrogens (tertiary/aromatic N) is 1. The Hall–Kier alpha value is -2.52. The van der Waals surface area contributed by atoms with E-state index >= 15 is 0 Å². The Morgan fingerprint density at radius 2 is 2.25 bits per heavy atom. The molecule has 0 unspecified atom stereocenters. The largest absolute Gasteiger partial charge is 0.492 e. The summed E-state index contributed by atoms with van der Waals surface area (Å²) in [4.78, 5) is 23.8. The summed E-state index contributed by atoms with van der Waals surface area (Å²) in [6.07, 6.45) is 0. The van der Waals surface area contributed by atoms with Crippen LogP contribution in [0.25, 0.3) is 0 Å². The molecule has 20 heavy (non-hydrogen) atoms. The van der Waals surface area contributed by atoms with Crippen LogP contribution in [0.4, 0.5) is 4.79 Å². The molecule has 1 aliphatic rings. The quantitative estimate of drug-likeness (QED) is 0.596. The maximum absolute atomic E-state index is 11.3. The molecule has 104 valence electrons. The van der Waals surface area contributed by atoms with Gasteiger partial charge in [-0.15, -0.1) is 0 Å². The van der Waals surface area contributed by atoms with Gasteiger partial charge in [-0.3, -0.25) is 9.69 Å². The van der Waals surface area contributed by atoms with Gasteiger partial charge in [-0.2, -0.15) is 0 Å². The van der Waals surface area contributed by atoms with Crippen LogP contribution in [-0.2, 0) is 4.79 Å². The van der Waals surface area contributed by atoms with Crippen LogP contribution < -0.4 is 10.1 Å². The highest BCUT2D eigenvalue weighted by atomic mass is 16.5. The second-order valence-corrected chi connectivity index (χ2v) is 4.04. The average molecular weight is 274 g/mol. The third kappa shape index (κ3) is 3.49. The fourth-order valence-corrected chi connectivity index (χ4v) is 1.74. The van der Waals surface area contributed by atoms with Gasteiger partial charge in [-0.25, -0.2) is 4.79 Å². The van der Waals surface area contributed by atoms with Crippen LogP contribution in [0.15, 0.2) is 24.3 Å². The normalized spacial score (nSPS) is 13.8. The number of nitrogens with one attached hydrogen (secondary N) is 1. The molecule has 6 nitrogen and oxygen atoms in total. The van der Waals surface area contributed by atoms with Gasteiger partial charge in [0.2, 0.25) is 5.91 Å². The first-order valence-corrected chi connectivity index (χ1v) is 6.11. The smallest absolute Gasteiger partial charge is 0.324 e. The number of carbonyl (C=O) groups is 2. The molecule has 1 aromatic rings. The molecule has 1 aliphatic heterocycles. The Labute approximate surface area is 116 Å². The number of aliphatic hydroxyl groups excluding tert-OH is 1. The summed E-state index contributed by atoms with van der Waals surface area (Å²) in [5.41, 5.74) is 0.728. The van der Waals surface area contributed by atoms with Gasteiger partial charge in [-0.05, 0) is 18.2 Å². The molecular formula is C14H14N2O4. The number of amides is 3. The van der Waals surface area contributed by atoms with Crippen LogP contribution in [0.1, 0.15) is 5.56 Å². The lowest BCUT2D eigenvalue weighted by Crippen LogP contribution is -2.34. The van der Waals surface area contributed by atoms with Crippen molar-refractivity contribution in [1.29, 1.82) is 0 Å². The molecular weight excluding hydrogens is 260 g/mol. The van der Waals surface area contributed by atoms with E-state index in [0.29, 0.717) is 5.75 Å². The van der Waals surface area contributed by atoms with Gasteiger partial charge in [0.05, 0.1) is 13.1 Å². The first-order chi connectivity index (χ1) is 9.70. The van der Waals surface area contributed by atoms with Crippen LogP contribution in [0.3, 0.4) is 0 Å². The summed E-state index contributed by atoms with van der Waals surface area (Å²) >= 11 is 0. The SMILES string of the molecule is O=C1CNC(=O)N1CCOc1cccc(C#CCO)c1. The minimum Gasteiger partial charge on any atom is -0.492 e. The molecule has 2 rings (SSSR count). The molecule has 1 fully saturated rings. The molecule has 0 saturated carbocycles. The monoisotopic (exact) mass is 274 g/mol. The van der Waals surface area contributed by atoms with Crippen molar-refractivity contribution in [2.24, 2.45) is 0 Å². The molecule has 0 atom stereocenters. The van der Waals surface area contributed by atoms with Crippen molar-refractivity contribution in [2.75, 3.05) is 26.3 Å². The van der Waals surface area contributed by atoms with Crippen LogP contribution >= 0.6 is 0 Å². The molecule has 0 aliphatic carbocycles. The summed E-state index contributed by atoms with van der Waals surface area (Å²) in [6.45, 7) is 0.273. The van der Waals surface area contributed by atoms with Gasteiger partial charge in [0.1, 0.15) is 19.0 Å². The number of aliphatic hydroxyl groups is 1. The second-order valence-electron chi connectivity index (χ2n) is 4.04. The number of benzene rings is 1. The summed E-state index contributed by atoms with van der Waals surface area (Å²) in [5, 5.41) is 11.1. The van der Waals surface area contributed by atoms with Crippen molar-refractivity contribution in [3.05, 3.63) is 29.8 Å². The number of hydrogen-bond acceptors (Lipinski definition) is 4. The number of carbonyl (C=O) groups excluding carboxylic acids is 2. The average Bonchev–Trinajstić information content (AvgIpc) is 2.77. The van der Waals surface area contributed by atoms with E-state index in [9.17, 15) is 9.59 Å². The highest BCUT2D eigenvalue weighted by Gasteiger charge is 2.27. The number of ether oxygens (including phenoxy) is 1. The third-order valence-corrected chi connectivity index (χ3v) is 2.67. The van der Waals surface area contributed by atoms with Crippen molar-refractivity contribution in [2.45, 2.75) is 0 Å². The zero-order valence-corrected chi connectivity index (χ0v) is 10.8. The molecule has 2 N–H and O–H groups in total. The third-order valence-electron chi connectivity index (χ3n) is 2.67. The van der Waals surface area contributed by atoms with Gasteiger partial charge < -0.3 is 15.2 Å². The maximum atomic E-state index is 11.3. The molecule has 1 heterocycles. The Kier molecular flexibility index (Phi) is 4.58. The Bertz CT molecular complexity index is 558. The number of hydrogen-bond donors (Lipinski definition) is 2. The minimum absolute atomic E-state index is 0.0467. The van der Waals surface area contributed by atoms with E-state index < -0.39 is 0 Å². The molecule has 0 radical (unpaired) electrons. The summed E-state index contributed by atoms with van der Waals surface area (Å²) in [6, 6.07) is 6.68. The lowest BCUT2D eigenvalue weighted by atomic mass is 10.2. The molecule has 6 heteroatoms. The zero-order valence-electron chi connectivity index (χ0n) is 10.8. The van der Waals surface area contributed by atoms with E-state index in [-0.39, 0.29) is 38.2 Å². The van der Waals surface area contributed by atoms with Crippen LogP contribution in [-0.4, -0.2) is 48.2 Å². The van der Waals surface area contributed by atoms with E-state index in [4.69, 9.17) is 9.84 Å². The van der Waals surface area contributed by atoms with E-state index in [1.54, 1.807) is 24.3 Å². The first kappa shape index (κ1) is 13.9. The highest BCUT2D eigenvalue weighted by molar-refractivity contribution is 6.01. The minimum atomic E-state index is -0.388. The molecule has 0 spiro atoms. The first-order valence-electron chi connectivity index (χ1n) is 6.11. The number of urea groups is 1. The van der Waals surface area contributed by atoms with Crippen molar-refractivity contribution in [3.63, 3.8) is 0 Å². The van der Waals surface area contributed by atoms with Crippen LogP contribution in [0.5, 0.6) is 5.75 Å². The van der Waals surface area contributed by atoms with Crippen molar-refractivity contribution >= 4 is 11.9 Å². The molecule has 0 bridgehead atoms. The molecule has 3 amide bonds. The van der Waals surface area contributed by atoms with E-state index in [1.807, 2.05) is 0 Å². The van der Waals surface area contributed by atoms with Gasteiger partial charge in [0.25, 0.3) is 0 Å². The summed E-state index contributed by atoms with van der Waals surface area (Å²) in [7, 11) is 0. The van der Waals surface area contributed by atoms with Gasteiger partial charge in [0, 0.05) is 5.56 Å². The molecule has 0 aromatic heterocycles. The topological polar surface area (TPSA) is 78.9 Å². The Balaban J connectivity index is 1.88. The van der Waals surface area contributed by atoms with Crippen LogP contribution in [0.2, 0.25) is 0 Å². The van der Waals surface area contributed by atoms with E-state index in [1.165, 1.54) is 0 Å². The summed E-state index contributed by atoms with van der Waals surface area (Å²) < 4.78 is 5.48. The Morgan fingerprint density at radius 3 is 2.95 bits per heavy atom. The predicted molar refractivity (Wildman–Crippen MR) is 71.0 cm³/mol. The maximum Gasteiger partial charge on any atom is 0.324 e. The fourth-order valence-electron chi connectivity index (χ4n) is 1.74. The van der Waals surface area contributed by atoms with Crippen molar-refractivity contribution in [3.8, 4) is 17.6 Å². The van der Waals surface area contributed by atoms with Gasteiger partial charge in [-0.1, -0.05) is 17.9 Å². The van der Waals surface area contributed by atoms with Gasteiger partial charge in [0.15, 0.2) is 0 Å². The predicted octanol–water partition coefficient (Wildman–Crippen LogP) is -0.0390. The lowest BCUT2D eigenvalue weighted by Gasteiger charge is -2.13. The lowest BCUT2D eigenvalue weighted by molar-refractivity contribution is -0.125. The molecule has 1 aromatic carbocycles. The van der Waals surface area contributed by atoms with Crippen LogP contribution in [0, 0.1) is 11.8 Å². The van der Waals surface area contributed by atoms with E-state index in [2.05, 4.69) is 17.2 Å². The van der Waals surface area contributed by atoms with Crippen molar-refractivity contribution < 1.29 is 19.4 Å². The fraction of sp³-hybridized carbons (Fsp3) is 0.286. The standard InChI is InChI=1S/C14H14N2O4/c17-7-2-4-11-3-1-5-12(9-11)20-8-6-16-13(18)10-15-14(16)19/h1,3,5,9,17H,6-8,10H2,(H,15,19).